The number of para-hydroxylation sites is 1. The maximum Gasteiger partial charge on any atom is 0.338 e. The SMILES string of the molecule is COc1cc(OC)cc(C(=O)OCC(=O)Nc2ccccc2C(=O)N[C@H](C)c2ccccc2)c1. The lowest BCUT2D eigenvalue weighted by Gasteiger charge is -2.16. The summed E-state index contributed by atoms with van der Waals surface area (Å²) < 4.78 is 15.4. The second kappa shape index (κ2) is 11.5. The fourth-order valence-corrected chi connectivity index (χ4v) is 3.22. The van der Waals surface area contributed by atoms with Gasteiger partial charge in [0, 0.05) is 6.07 Å². The van der Waals surface area contributed by atoms with Crippen LogP contribution in [-0.4, -0.2) is 38.6 Å². The number of hydrogen-bond acceptors (Lipinski definition) is 6. The molecular formula is C26H26N2O6. The Bertz CT molecular complexity index is 1140. The van der Waals surface area contributed by atoms with Crippen molar-refractivity contribution in [2.75, 3.05) is 26.1 Å². The van der Waals surface area contributed by atoms with E-state index in [9.17, 15) is 14.4 Å². The minimum absolute atomic E-state index is 0.179. The molecule has 0 aliphatic carbocycles. The average molecular weight is 463 g/mol. The molecule has 3 aromatic rings. The molecule has 0 bridgehead atoms. The topological polar surface area (TPSA) is 103 Å². The molecule has 0 spiro atoms. The van der Waals surface area contributed by atoms with Crippen LogP contribution in [-0.2, 0) is 9.53 Å². The minimum atomic E-state index is -0.713. The molecule has 0 heterocycles. The van der Waals surface area contributed by atoms with Crippen molar-refractivity contribution in [3.63, 3.8) is 0 Å². The number of hydrogen-bond donors (Lipinski definition) is 2. The van der Waals surface area contributed by atoms with Crippen LogP contribution in [0.2, 0.25) is 0 Å². The number of benzene rings is 3. The maximum absolute atomic E-state index is 12.8. The third-order valence-electron chi connectivity index (χ3n) is 5.01. The summed E-state index contributed by atoms with van der Waals surface area (Å²) >= 11 is 0. The van der Waals surface area contributed by atoms with Crippen molar-refractivity contribution in [1.82, 2.24) is 5.32 Å². The van der Waals surface area contributed by atoms with Gasteiger partial charge >= 0.3 is 5.97 Å². The number of carbonyl (C=O) groups excluding carboxylic acids is 3. The Balaban J connectivity index is 1.62. The summed E-state index contributed by atoms with van der Waals surface area (Å²) in [6, 6.07) is 20.5. The van der Waals surface area contributed by atoms with Crippen molar-refractivity contribution in [1.29, 1.82) is 0 Å². The smallest absolute Gasteiger partial charge is 0.338 e. The molecule has 176 valence electrons. The molecule has 0 unspecified atom stereocenters. The summed E-state index contributed by atoms with van der Waals surface area (Å²) in [5.74, 6) is -0.803. The zero-order valence-corrected chi connectivity index (χ0v) is 19.2. The van der Waals surface area contributed by atoms with E-state index in [1.54, 1.807) is 30.3 Å². The second-order valence-corrected chi connectivity index (χ2v) is 7.38. The fourth-order valence-electron chi connectivity index (χ4n) is 3.22. The van der Waals surface area contributed by atoms with Gasteiger partial charge in [0.2, 0.25) is 0 Å². The van der Waals surface area contributed by atoms with E-state index < -0.39 is 18.5 Å². The molecule has 34 heavy (non-hydrogen) atoms. The van der Waals surface area contributed by atoms with E-state index in [0.29, 0.717) is 22.7 Å². The molecule has 0 aromatic heterocycles. The van der Waals surface area contributed by atoms with E-state index in [4.69, 9.17) is 14.2 Å². The van der Waals surface area contributed by atoms with Crippen LogP contribution >= 0.6 is 0 Å². The molecule has 0 fully saturated rings. The van der Waals surface area contributed by atoms with Crippen molar-refractivity contribution in [2.45, 2.75) is 13.0 Å². The van der Waals surface area contributed by atoms with E-state index in [2.05, 4.69) is 10.6 Å². The number of methoxy groups -OCH3 is 2. The first-order valence-electron chi connectivity index (χ1n) is 10.6. The monoisotopic (exact) mass is 462 g/mol. The van der Waals surface area contributed by atoms with E-state index in [0.717, 1.165) is 5.56 Å². The van der Waals surface area contributed by atoms with Gasteiger partial charge in [-0.15, -0.1) is 0 Å². The Morgan fingerprint density at radius 1 is 0.853 bits per heavy atom. The summed E-state index contributed by atoms with van der Waals surface area (Å²) in [4.78, 5) is 37.7. The van der Waals surface area contributed by atoms with Crippen LogP contribution in [0.15, 0.2) is 72.8 Å². The molecule has 2 amide bonds. The molecule has 0 saturated carbocycles. The highest BCUT2D eigenvalue weighted by molar-refractivity contribution is 6.04. The molecule has 3 aromatic carbocycles. The summed E-state index contributed by atoms with van der Waals surface area (Å²) in [7, 11) is 2.93. The standard InChI is InChI=1S/C26H26N2O6/c1-17(18-9-5-4-6-10-18)27-25(30)22-11-7-8-12-23(22)28-24(29)16-34-26(31)19-13-20(32-2)15-21(14-19)33-3/h4-15,17H,16H2,1-3H3,(H,27,30)(H,28,29)/t17-/m1/s1. The third kappa shape index (κ3) is 6.35. The Morgan fingerprint density at radius 3 is 2.12 bits per heavy atom. The highest BCUT2D eigenvalue weighted by atomic mass is 16.5. The largest absolute Gasteiger partial charge is 0.497 e. The predicted octanol–water partition coefficient (Wildman–Crippen LogP) is 3.99. The number of carbonyl (C=O) groups is 3. The van der Waals surface area contributed by atoms with Gasteiger partial charge in [0.15, 0.2) is 6.61 Å². The van der Waals surface area contributed by atoms with Gasteiger partial charge in [-0.2, -0.15) is 0 Å². The zero-order chi connectivity index (χ0) is 24.5. The quantitative estimate of drug-likeness (QED) is 0.466. The number of esters is 1. The van der Waals surface area contributed by atoms with Crippen LogP contribution < -0.4 is 20.1 Å². The van der Waals surface area contributed by atoms with Crippen molar-refractivity contribution in [2.24, 2.45) is 0 Å². The van der Waals surface area contributed by atoms with Crippen molar-refractivity contribution < 1.29 is 28.6 Å². The van der Waals surface area contributed by atoms with Gasteiger partial charge in [-0.05, 0) is 36.8 Å². The Kier molecular flexibility index (Phi) is 8.23. The molecule has 8 heteroatoms. The second-order valence-electron chi connectivity index (χ2n) is 7.38. The molecule has 0 aliphatic rings. The molecule has 3 rings (SSSR count). The molecule has 8 nitrogen and oxygen atoms in total. The first kappa shape index (κ1) is 24.3. The van der Waals surface area contributed by atoms with Gasteiger partial charge in [0.1, 0.15) is 11.5 Å². The van der Waals surface area contributed by atoms with Gasteiger partial charge in [-0.3, -0.25) is 9.59 Å². The van der Waals surface area contributed by atoms with E-state index in [-0.39, 0.29) is 17.5 Å². The van der Waals surface area contributed by atoms with Crippen molar-refractivity contribution >= 4 is 23.5 Å². The van der Waals surface area contributed by atoms with Crippen LogP contribution in [0, 0.1) is 0 Å². The zero-order valence-electron chi connectivity index (χ0n) is 19.2. The number of rotatable bonds is 9. The van der Waals surface area contributed by atoms with Gasteiger partial charge in [-0.1, -0.05) is 42.5 Å². The summed E-state index contributed by atoms with van der Waals surface area (Å²) in [6.45, 7) is 1.34. The number of nitrogens with one attached hydrogen (secondary N) is 2. The minimum Gasteiger partial charge on any atom is -0.497 e. The normalized spacial score (nSPS) is 11.1. The van der Waals surface area contributed by atoms with Gasteiger partial charge in [-0.25, -0.2) is 4.79 Å². The molecule has 0 radical (unpaired) electrons. The predicted molar refractivity (Wildman–Crippen MR) is 127 cm³/mol. The lowest BCUT2D eigenvalue weighted by atomic mass is 10.1. The van der Waals surface area contributed by atoms with Crippen LogP contribution in [0.1, 0.15) is 39.2 Å². The fraction of sp³-hybridized carbons (Fsp3) is 0.192. The Hall–Kier alpha value is -4.33. The lowest BCUT2D eigenvalue weighted by Crippen LogP contribution is -2.28. The van der Waals surface area contributed by atoms with Crippen LogP contribution in [0.25, 0.3) is 0 Å². The summed E-state index contributed by atoms with van der Waals surface area (Å²) in [5.41, 5.74) is 1.74. The van der Waals surface area contributed by atoms with Gasteiger partial charge < -0.3 is 24.8 Å². The van der Waals surface area contributed by atoms with Crippen LogP contribution in [0.4, 0.5) is 5.69 Å². The first-order chi connectivity index (χ1) is 16.4. The first-order valence-corrected chi connectivity index (χ1v) is 10.6. The van der Waals surface area contributed by atoms with E-state index in [1.165, 1.54) is 26.4 Å². The van der Waals surface area contributed by atoms with E-state index >= 15 is 0 Å². The summed E-state index contributed by atoms with van der Waals surface area (Å²) in [5, 5.41) is 5.55. The Labute approximate surface area is 197 Å². The van der Waals surface area contributed by atoms with E-state index in [1.807, 2.05) is 37.3 Å². The summed E-state index contributed by atoms with van der Waals surface area (Å²) in [6.07, 6.45) is 0. The third-order valence-corrected chi connectivity index (χ3v) is 5.01. The highest BCUT2D eigenvalue weighted by Crippen LogP contribution is 2.23. The number of anilines is 1. The van der Waals surface area contributed by atoms with Gasteiger partial charge in [0.25, 0.3) is 11.8 Å². The maximum atomic E-state index is 12.8. The molecule has 0 saturated heterocycles. The number of amides is 2. The molecular weight excluding hydrogens is 436 g/mol. The molecule has 2 N–H and O–H groups in total. The highest BCUT2D eigenvalue weighted by Gasteiger charge is 2.17. The number of ether oxygens (including phenoxy) is 3. The lowest BCUT2D eigenvalue weighted by molar-refractivity contribution is -0.119. The van der Waals surface area contributed by atoms with Crippen LogP contribution in [0.3, 0.4) is 0 Å². The van der Waals surface area contributed by atoms with Crippen molar-refractivity contribution in [3.05, 3.63) is 89.5 Å². The molecule has 0 aliphatic heterocycles. The Morgan fingerprint density at radius 2 is 1.47 bits per heavy atom. The van der Waals surface area contributed by atoms with Crippen molar-refractivity contribution in [3.8, 4) is 11.5 Å². The van der Waals surface area contributed by atoms with Gasteiger partial charge in [0.05, 0.1) is 37.1 Å². The molecule has 1 atom stereocenters. The van der Waals surface area contributed by atoms with Crippen LogP contribution in [0.5, 0.6) is 11.5 Å². The average Bonchev–Trinajstić information content (AvgIpc) is 2.87.